The molecule has 0 amide bonds. The average molecular weight is 180 g/mol. The number of rotatable bonds is 5. The first-order chi connectivity index (χ1) is 5.54. The van der Waals surface area contributed by atoms with Crippen LogP contribution in [-0.2, 0) is 4.79 Å². The molecule has 4 atom stereocenters. The smallest absolute Gasteiger partial charge is 0.151 e. The molecule has 0 heterocycles. The summed E-state index contributed by atoms with van der Waals surface area (Å²) >= 11 is 0. The predicted octanol–water partition coefficient (Wildman–Crippen LogP) is -3.38. The van der Waals surface area contributed by atoms with Crippen LogP contribution in [0.3, 0.4) is 0 Å². The number of aliphatic hydroxyl groups is 5. The third kappa shape index (κ3) is 2.84. The zero-order valence-electron chi connectivity index (χ0n) is 6.24. The van der Waals surface area contributed by atoms with Crippen LogP contribution in [0, 0.1) is 0 Å². The molecule has 0 aromatic rings. The summed E-state index contributed by atoms with van der Waals surface area (Å²) in [5, 5.41) is 43.5. The second-order valence-electron chi connectivity index (χ2n) is 2.36. The van der Waals surface area contributed by atoms with Gasteiger partial charge in [0.25, 0.3) is 0 Å². The van der Waals surface area contributed by atoms with Crippen LogP contribution in [0.2, 0.25) is 0 Å². The largest absolute Gasteiger partial charge is 0.394 e. The summed E-state index contributed by atoms with van der Waals surface area (Å²) in [5.41, 5.74) is 0. The minimum atomic E-state index is -1.79. The highest BCUT2D eigenvalue weighted by molar-refractivity contribution is 5.56. The average Bonchev–Trinajstić information content (AvgIpc) is 2.12. The van der Waals surface area contributed by atoms with Gasteiger partial charge in [-0.25, -0.2) is 0 Å². The molecule has 0 radical (unpaired) electrons. The maximum atomic E-state index is 9.90. The third-order valence-corrected chi connectivity index (χ3v) is 1.42. The van der Waals surface area contributed by atoms with Crippen LogP contribution < -0.4 is 0 Å². The van der Waals surface area contributed by atoms with E-state index in [0.717, 1.165) is 0 Å². The van der Waals surface area contributed by atoms with Crippen LogP contribution >= 0.6 is 0 Å². The van der Waals surface area contributed by atoms with Gasteiger partial charge in [-0.3, -0.25) is 0 Å². The normalized spacial score (nSPS) is 21.1. The van der Waals surface area contributed by atoms with E-state index in [1.807, 2.05) is 0 Å². The number of carbonyl (C=O) groups excluding carboxylic acids is 1. The molecule has 12 heavy (non-hydrogen) atoms. The van der Waals surface area contributed by atoms with Crippen molar-refractivity contribution >= 4 is 6.29 Å². The lowest BCUT2D eigenvalue weighted by atomic mass is 10.0. The van der Waals surface area contributed by atoms with Crippen molar-refractivity contribution < 1.29 is 30.3 Å². The Bertz CT molecular complexity index is 138. The van der Waals surface area contributed by atoms with Crippen LogP contribution in [0.1, 0.15) is 0 Å². The maximum Gasteiger partial charge on any atom is 0.151 e. The van der Waals surface area contributed by atoms with Gasteiger partial charge < -0.3 is 30.3 Å². The number of hydrogen-bond donors (Lipinski definition) is 5. The van der Waals surface area contributed by atoms with E-state index in [0.29, 0.717) is 0 Å². The van der Waals surface area contributed by atoms with Gasteiger partial charge in [-0.05, 0) is 0 Å². The fraction of sp³-hybridized carbons (Fsp3) is 0.833. The van der Waals surface area contributed by atoms with Gasteiger partial charge in [0.1, 0.15) is 24.4 Å². The number of carbonyl (C=O) groups is 1. The minimum absolute atomic E-state index is 0.0258. The molecule has 0 aromatic heterocycles. The number of hydrogen-bond acceptors (Lipinski definition) is 6. The van der Waals surface area contributed by atoms with E-state index in [-0.39, 0.29) is 6.29 Å². The Morgan fingerprint density at radius 3 is 1.92 bits per heavy atom. The molecular formula is C6H12O6. The van der Waals surface area contributed by atoms with Crippen molar-refractivity contribution in [1.82, 2.24) is 0 Å². The molecule has 0 aliphatic heterocycles. The van der Waals surface area contributed by atoms with Crippen molar-refractivity contribution in [3.8, 4) is 0 Å². The highest BCUT2D eigenvalue weighted by Gasteiger charge is 2.29. The second-order valence-corrected chi connectivity index (χ2v) is 2.36. The molecule has 6 nitrogen and oxygen atoms in total. The Morgan fingerprint density at radius 1 is 1.08 bits per heavy atom. The third-order valence-electron chi connectivity index (χ3n) is 1.42. The van der Waals surface area contributed by atoms with E-state index < -0.39 is 31.0 Å². The standard InChI is InChI=1S/C6H12O6/c7-1-3(9)5(11)6(12)4(10)2-8/h1,3-6,8-12H,2H2/t3-,4-,5-,6+/m0/s1. The first-order valence-corrected chi connectivity index (χ1v) is 3.33. The molecule has 0 rings (SSSR count). The van der Waals surface area contributed by atoms with Crippen molar-refractivity contribution in [2.24, 2.45) is 0 Å². The zero-order valence-corrected chi connectivity index (χ0v) is 6.24. The van der Waals surface area contributed by atoms with Crippen LogP contribution in [-0.4, -0.2) is 62.8 Å². The van der Waals surface area contributed by atoms with Crippen molar-refractivity contribution in [2.45, 2.75) is 24.4 Å². The lowest BCUT2D eigenvalue weighted by Crippen LogP contribution is -2.46. The Hall–Kier alpha value is -0.530. The molecule has 0 bridgehead atoms. The van der Waals surface area contributed by atoms with Crippen LogP contribution in [0.4, 0.5) is 0 Å². The molecule has 0 aromatic carbocycles. The summed E-state index contributed by atoms with van der Waals surface area (Å²) in [6.07, 6.45) is -6.84. The van der Waals surface area contributed by atoms with Gasteiger partial charge in [0.2, 0.25) is 0 Å². The predicted molar refractivity (Wildman–Crippen MR) is 37.2 cm³/mol. The lowest BCUT2D eigenvalue weighted by Gasteiger charge is -2.22. The Balaban J connectivity index is 4.07. The first kappa shape index (κ1) is 11.5. The Morgan fingerprint density at radius 2 is 1.58 bits per heavy atom. The van der Waals surface area contributed by atoms with Crippen molar-refractivity contribution in [3.05, 3.63) is 0 Å². The van der Waals surface area contributed by atoms with Crippen LogP contribution in [0.25, 0.3) is 0 Å². The quantitative estimate of drug-likeness (QED) is 0.282. The summed E-state index contributed by atoms with van der Waals surface area (Å²) in [6, 6.07) is 0. The topological polar surface area (TPSA) is 118 Å². The van der Waals surface area contributed by atoms with E-state index in [2.05, 4.69) is 0 Å². The highest BCUT2D eigenvalue weighted by Crippen LogP contribution is 2.02. The second kappa shape index (κ2) is 5.18. The Kier molecular flexibility index (Phi) is 4.95. The van der Waals surface area contributed by atoms with Gasteiger partial charge in [0.15, 0.2) is 6.29 Å². The van der Waals surface area contributed by atoms with E-state index in [9.17, 15) is 4.79 Å². The molecule has 0 spiro atoms. The van der Waals surface area contributed by atoms with Crippen molar-refractivity contribution in [3.63, 3.8) is 0 Å². The molecule has 0 aliphatic rings. The molecular weight excluding hydrogens is 168 g/mol. The summed E-state index contributed by atoms with van der Waals surface area (Å²) in [5.74, 6) is 0. The summed E-state index contributed by atoms with van der Waals surface area (Å²) < 4.78 is 0. The summed E-state index contributed by atoms with van der Waals surface area (Å²) in [4.78, 5) is 9.90. The van der Waals surface area contributed by atoms with Gasteiger partial charge in [0.05, 0.1) is 6.61 Å². The maximum absolute atomic E-state index is 9.90. The lowest BCUT2D eigenvalue weighted by molar-refractivity contribution is -0.136. The van der Waals surface area contributed by atoms with Gasteiger partial charge in [0, 0.05) is 0 Å². The summed E-state index contributed by atoms with van der Waals surface area (Å²) in [7, 11) is 0. The van der Waals surface area contributed by atoms with Crippen molar-refractivity contribution in [2.75, 3.05) is 6.61 Å². The van der Waals surface area contributed by atoms with Gasteiger partial charge >= 0.3 is 0 Å². The van der Waals surface area contributed by atoms with Gasteiger partial charge in [-0.15, -0.1) is 0 Å². The Labute approximate surface area is 68.7 Å². The van der Waals surface area contributed by atoms with E-state index in [1.165, 1.54) is 0 Å². The molecule has 0 saturated heterocycles. The van der Waals surface area contributed by atoms with E-state index >= 15 is 0 Å². The number of aliphatic hydroxyl groups excluding tert-OH is 5. The van der Waals surface area contributed by atoms with E-state index in [4.69, 9.17) is 25.5 Å². The SMILES string of the molecule is O=C[C@H](O)[C@H](O)[C@H](O)[C@@H](O)CO. The fourth-order valence-electron chi connectivity index (χ4n) is 0.618. The molecule has 72 valence electrons. The molecule has 0 saturated carbocycles. The highest BCUT2D eigenvalue weighted by atomic mass is 16.4. The van der Waals surface area contributed by atoms with Crippen LogP contribution in [0.15, 0.2) is 0 Å². The molecule has 0 aliphatic carbocycles. The monoisotopic (exact) mass is 180 g/mol. The summed E-state index contributed by atoms with van der Waals surface area (Å²) in [6.45, 7) is -0.760. The van der Waals surface area contributed by atoms with Gasteiger partial charge in [-0.1, -0.05) is 0 Å². The molecule has 5 N–H and O–H groups in total. The molecule has 0 unspecified atom stereocenters. The first-order valence-electron chi connectivity index (χ1n) is 3.33. The van der Waals surface area contributed by atoms with Crippen molar-refractivity contribution in [1.29, 1.82) is 0 Å². The minimum Gasteiger partial charge on any atom is -0.394 e. The fourth-order valence-corrected chi connectivity index (χ4v) is 0.618. The number of aldehydes is 1. The van der Waals surface area contributed by atoms with E-state index in [1.54, 1.807) is 0 Å². The molecule has 6 heteroatoms. The zero-order chi connectivity index (χ0) is 9.72. The van der Waals surface area contributed by atoms with Gasteiger partial charge in [-0.2, -0.15) is 0 Å². The van der Waals surface area contributed by atoms with Crippen LogP contribution in [0.5, 0.6) is 0 Å². The molecule has 0 fully saturated rings.